The van der Waals surface area contributed by atoms with Gasteiger partial charge in [0, 0.05) is 26.1 Å². The molecule has 5 heteroatoms. The van der Waals surface area contributed by atoms with Gasteiger partial charge in [0.25, 0.3) is 0 Å². The van der Waals surface area contributed by atoms with Gasteiger partial charge >= 0.3 is 0 Å². The molecule has 1 heterocycles. The molecule has 1 N–H and O–H groups in total. The fourth-order valence-electron chi connectivity index (χ4n) is 1.57. The van der Waals surface area contributed by atoms with Crippen LogP contribution >= 0.6 is 15.9 Å². The van der Waals surface area contributed by atoms with Crippen molar-refractivity contribution in [3.63, 3.8) is 0 Å². The SMILES string of the molecule is CC(C)CNC(=O)CCN1CCC(Br)C1=O. The lowest BCUT2D eigenvalue weighted by atomic mass is 10.2. The summed E-state index contributed by atoms with van der Waals surface area (Å²) in [5.74, 6) is 0.598. The molecule has 0 aromatic heterocycles. The zero-order valence-electron chi connectivity index (χ0n) is 9.83. The number of hydrogen-bond acceptors (Lipinski definition) is 2. The Morgan fingerprint density at radius 3 is 2.81 bits per heavy atom. The monoisotopic (exact) mass is 290 g/mol. The van der Waals surface area contributed by atoms with E-state index in [0.29, 0.717) is 25.4 Å². The van der Waals surface area contributed by atoms with E-state index >= 15 is 0 Å². The Hall–Kier alpha value is -0.580. The number of carbonyl (C=O) groups excluding carboxylic acids is 2. The van der Waals surface area contributed by atoms with Crippen molar-refractivity contribution >= 4 is 27.7 Å². The van der Waals surface area contributed by atoms with E-state index in [4.69, 9.17) is 0 Å². The first kappa shape index (κ1) is 13.5. The summed E-state index contributed by atoms with van der Waals surface area (Å²) in [5.41, 5.74) is 0. The quantitative estimate of drug-likeness (QED) is 0.772. The van der Waals surface area contributed by atoms with Crippen molar-refractivity contribution < 1.29 is 9.59 Å². The summed E-state index contributed by atoms with van der Waals surface area (Å²) in [7, 11) is 0. The molecule has 2 amide bonds. The Morgan fingerprint density at radius 2 is 2.31 bits per heavy atom. The van der Waals surface area contributed by atoms with Gasteiger partial charge in [0.15, 0.2) is 0 Å². The summed E-state index contributed by atoms with van der Waals surface area (Å²) in [6.07, 6.45) is 1.24. The predicted molar refractivity (Wildman–Crippen MR) is 66.4 cm³/mol. The van der Waals surface area contributed by atoms with E-state index in [9.17, 15) is 9.59 Å². The Labute approximate surface area is 105 Å². The van der Waals surface area contributed by atoms with E-state index in [1.54, 1.807) is 4.90 Å². The molecule has 92 valence electrons. The zero-order chi connectivity index (χ0) is 12.1. The number of alkyl halides is 1. The zero-order valence-corrected chi connectivity index (χ0v) is 11.4. The maximum absolute atomic E-state index is 11.5. The molecule has 0 saturated carbocycles. The maximum Gasteiger partial charge on any atom is 0.236 e. The molecule has 1 unspecified atom stereocenters. The summed E-state index contributed by atoms with van der Waals surface area (Å²) in [5, 5.41) is 2.84. The summed E-state index contributed by atoms with van der Waals surface area (Å²) >= 11 is 3.31. The molecular formula is C11H19BrN2O2. The molecule has 1 aliphatic heterocycles. The van der Waals surface area contributed by atoms with Crippen LogP contribution in [-0.4, -0.2) is 41.2 Å². The standard InChI is InChI=1S/C11H19BrN2O2/c1-8(2)7-13-10(15)4-6-14-5-3-9(12)11(14)16/h8-9H,3-7H2,1-2H3,(H,13,15). The van der Waals surface area contributed by atoms with Crippen LogP contribution in [0.3, 0.4) is 0 Å². The van der Waals surface area contributed by atoms with Gasteiger partial charge in [0.1, 0.15) is 0 Å². The van der Waals surface area contributed by atoms with Crippen LogP contribution in [0, 0.1) is 5.92 Å². The molecule has 4 nitrogen and oxygen atoms in total. The number of amides is 2. The van der Waals surface area contributed by atoms with Crippen molar-refractivity contribution in [2.75, 3.05) is 19.6 Å². The fourth-order valence-corrected chi connectivity index (χ4v) is 2.06. The maximum atomic E-state index is 11.5. The van der Waals surface area contributed by atoms with Crippen LogP contribution in [0.4, 0.5) is 0 Å². The van der Waals surface area contributed by atoms with Crippen molar-refractivity contribution in [2.24, 2.45) is 5.92 Å². The van der Waals surface area contributed by atoms with Gasteiger partial charge in [-0.3, -0.25) is 9.59 Å². The average Bonchev–Trinajstić information content (AvgIpc) is 2.54. The molecule has 0 aromatic rings. The molecule has 0 aliphatic carbocycles. The first-order valence-electron chi connectivity index (χ1n) is 5.70. The molecule has 0 aromatic carbocycles. The van der Waals surface area contributed by atoms with Crippen molar-refractivity contribution in [1.82, 2.24) is 10.2 Å². The number of halogens is 1. The number of rotatable bonds is 5. The lowest BCUT2D eigenvalue weighted by Crippen LogP contribution is -2.34. The van der Waals surface area contributed by atoms with Crippen molar-refractivity contribution in [3.8, 4) is 0 Å². The van der Waals surface area contributed by atoms with Crippen LogP contribution in [0.5, 0.6) is 0 Å². The molecule has 0 radical (unpaired) electrons. The van der Waals surface area contributed by atoms with Gasteiger partial charge in [0.2, 0.25) is 11.8 Å². The van der Waals surface area contributed by atoms with Crippen LogP contribution in [0.25, 0.3) is 0 Å². The molecule has 0 bridgehead atoms. The summed E-state index contributed by atoms with van der Waals surface area (Å²) in [6.45, 7) is 6.10. The van der Waals surface area contributed by atoms with E-state index in [-0.39, 0.29) is 16.6 Å². The number of carbonyl (C=O) groups is 2. The van der Waals surface area contributed by atoms with Gasteiger partial charge in [-0.25, -0.2) is 0 Å². The Morgan fingerprint density at radius 1 is 1.62 bits per heavy atom. The highest BCUT2D eigenvalue weighted by Crippen LogP contribution is 2.18. The minimum atomic E-state index is -0.0498. The van der Waals surface area contributed by atoms with Crippen molar-refractivity contribution in [3.05, 3.63) is 0 Å². The van der Waals surface area contributed by atoms with Crippen LogP contribution < -0.4 is 5.32 Å². The highest BCUT2D eigenvalue weighted by Gasteiger charge is 2.29. The second-order valence-electron chi connectivity index (χ2n) is 4.53. The molecule has 1 fully saturated rings. The summed E-state index contributed by atoms with van der Waals surface area (Å²) in [4.78, 5) is 24.7. The van der Waals surface area contributed by atoms with Crippen LogP contribution in [0.2, 0.25) is 0 Å². The van der Waals surface area contributed by atoms with Crippen LogP contribution in [0.15, 0.2) is 0 Å². The van der Waals surface area contributed by atoms with Crippen molar-refractivity contribution in [2.45, 2.75) is 31.5 Å². The van der Waals surface area contributed by atoms with E-state index in [2.05, 4.69) is 35.1 Å². The summed E-state index contributed by atoms with van der Waals surface area (Å²) in [6, 6.07) is 0. The largest absolute Gasteiger partial charge is 0.356 e. The smallest absolute Gasteiger partial charge is 0.236 e. The van der Waals surface area contributed by atoms with E-state index in [1.807, 2.05) is 0 Å². The molecule has 1 saturated heterocycles. The van der Waals surface area contributed by atoms with E-state index in [1.165, 1.54) is 0 Å². The van der Waals surface area contributed by atoms with Gasteiger partial charge < -0.3 is 10.2 Å². The minimum Gasteiger partial charge on any atom is -0.356 e. The lowest BCUT2D eigenvalue weighted by molar-refractivity contribution is -0.128. The lowest BCUT2D eigenvalue weighted by Gasteiger charge is -2.15. The van der Waals surface area contributed by atoms with Gasteiger partial charge in [-0.1, -0.05) is 29.8 Å². The third kappa shape index (κ3) is 4.12. The highest BCUT2D eigenvalue weighted by atomic mass is 79.9. The van der Waals surface area contributed by atoms with Gasteiger partial charge in [0.05, 0.1) is 4.83 Å². The third-order valence-electron chi connectivity index (χ3n) is 2.55. The van der Waals surface area contributed by atoms with Crippen LogP contribution in [-0.2, 0) is 9.59 Å². The first-order valence-corrected chi connectivity index (χ1v) is 6.62. The Kier molecular flexibility index (Phi) is 5.25. The number of nitrogens with one attached hydrogen (secondary N) is 1. The number of hydrogen-bond donors (Lipinski definition) is 1. The van der Waals surface area contributed by atoms with Gasteiger partial charge in [-0.15, -0.1) is 0 Å². The summed E-state index contributed by atoms with van der Waals surface area (Å²) < 4.78 is 0. The molecule has 0 spiro atoms. The highest BCUT2D eigenvalue weighted by molar-refractivity contribution is 9.10. The van der Waals surface area contributed by atoms with E-state index in [0.717, 1.165) is 13.0 Å². The normalized spacial score (nSPS) is 20.6. The van der Waals surface area contributed by atoms with E-state index < -0.39 is 0 Å². The topological polar surface area (TPSA) is 49.4 Å². The average molecular weight is 291 g/mol. The molecule has 1 atom stereocenters. The molecule has 16 heavy (non-hydrogen) atoms. The Bertz CT molecular complexity index is 269. The number of likely N-dealkylation sites (tertiary alicyclic amines) is 1. The molecule has 1 rings (SSSR count). The first-order chi connectivity index (χ1) is 7.50. The minimum absolute atomic E-state index is 0.0273. The third-order valence-corrected chi connectivity index (χ3v) is 3.40. The second-order valence-corrected chi connectivity index (χ2v) is 5.63. The van der Waals surface area contributed by atoms with Gasteiger partial charge in [-0.2, -0.15) is 0 Å². The Balaban J connectivity index is 2.19. The van der Waals surface area contributed by atoms with Gasteiger partial charge in [-0.05, 0) is 12.3 Å². The van der Waals surface area contributed by atoms with Crippen molar-refractivity contribution in [1.29, 1.82) is 0 Å². The second kappa shape index (κ2) is 6.23. The van der Waals surface area contributed by atoms with Crippen LogP contribution in [0.1, 0.15) is 26.7 Å². The predicted octanol–water partition coefficient (Wildman–Crippen LogP) is 1.14. The molecular weight excluding hydrogens is 272 g/mol. The molecule has 1 aliphatic rings. The number of nitrogens with zero attached hydrogens (tertiary/aromatic N) is 1. The fraction of sp³-hybridized carbons (Fsp3) is 0.818.